The van der Waals surface area contributed by atoms with Crippen LogP contribution in [-0.4, -0.2) is 23.8 Å². The number of nitrogens with one attached hydrogen (secondary N) is 2. The lowest BCUT2D eigenvalue weighted by Crippen LogP contribution is -2.41. The molecular weight excluding hydrogens is 236 g/mol. The van der Waals surface area contributed by atoms with Gasteiger partial charge < -0.3 is 15.7 Å². The van der Waals surface area contributed by atoms with E-state index in [1.165, 1.54) is 11.1 Å². The lowest BCUT2D eigenvalue weighted by Gasteiger charge is -2.29. The first-order chi connectivity index (χ1) is 9.18. The van der Waals surface area contributed by atoms with Gasteiger partial charge in [0.1, 0.15) is 0 Å². The first kappa shape index (κ1) is 14.5. The van der Waals surface area contributed by atoms with Crippen LogP contribution in [0.15, 0.2) is 24.3 Å². The summed E-state index contributed by atoms with van der Waals surface area (Å²) >= 11 is 0. The minimum Gasteiger partial charge on any atom is -0.389 e. The van der Waals surface area contributed by atoms with Crippen molar-refractivity contribution in [2.24, 2.45) is 0 Å². The van der Waals surface area contributed by atoms with E-state index in [4.69, 9.17) is 0 Å². The van der Waals surface area contributed by atoms with Crippen molar-refractivity contribution in [1.29, 1.82) is 0 Å². The molecule has 1 unspecified atom stereocenters. The third-order valence-electron chi connectivity index (χ3n) is 4.35. The molecule has 1 aromatic carbocycles. The molecule has 0 amide bonds. The molecule has 0 radical (unpaired) electrons. The van der Waals surface area contributed by atoms with Crippen molar-refractivity contribution in [2.45, 2.75) is 51.3 Å². The minimum absolute atomic E-state index is 0.343. The second-order valence-corrected chi connectivity index (χ2v) is 5.53. The van der Waals surface area contributed by atoms with Crippen LogP contribution in [0.2, 0.25) is 0 Å². The Labute approximate surface area is 116 Å². The first-order valence-electron chi connectivity index (χ1n) is 7.43. The van der Waals surface area contributed by atoms with Gasteiger partial charge in [-0.15, -0.1) is 0 Å². The molecule has 0 saturated carbocycles. The second-order valence-electron chi connectivity index (χ2n) is 5.53. The van der Waals surface area contributed by atoms with Crippen LogP contribution in [0.4, 0.5) is 0 Å². The Kier molecular flexibility index (Phi) is 4.97. The summed E-state index contributed by atoms with van der Waals surface area (Å²) in [5.74, 6) is 0. The van der Waals surface area contributed by atoms with E-state index in [0.29, 0.717) is 12.6 Å². The van der Waals surface area contributed by atoms with E-state index in [-0.39, 0.29) is 0 Å². The lowest BCUT2D eigenvalue weighted by atomic mass is 9.95. The zero-order chi connectivity index (χ0) is 13.7. The van der Waals surface area contributed by atoms with Crippen LogP contribution in [0.3, 0.4) is 0 Å². The molecule has 1 atom stereocenters. The fourth-order valence-corrected chi connectivity index (χ4v) is 2.69. The zero-order valence-electron chi connectivity index (χ0n) is 12.1. The summed E-state index contributed by atoms with van der Waals surface area (Å²) in [6.45, 7) is 6.73. The normalized spacial score (nSPS) is 19.8. The summed E-state index contributed by atoms with van der Waals surface area (Å²) in [5.41, 5.74) is 2.17. The van der Waals surface area contributed by atoms with Crippen LogP contribution < -0.4 is 10.6 Å². The lowest BCUT2D eigenvalue weighted by molar-refractivity contribution is 0.0296. The molecule has 1 aliphatic heterocycles. The molecule has 106 valence electrons. The highest BCUT2D eigenvalue weighted by molar-refractivity contribution is 5.31. The van der Waals surface area contributed by atoms with Gasteiger partial charge in [0.15, 0.2) is 0 Å². The summed E-state index contributed by atoms with van der Waals surface area (Å²) in [6, 6.07) is 8.93. The molecule has 0 bridgehead atoms. The molecule has 0 fully saturated rings. The van der Waals surface area contributed by atoms with Crippen molar-refractivity contribution in [3.05, 3.63) is 35.4 Å². The number of rotatable bonds is 5. The van der Waals surface area contributed by atoms with Gasteiger partial charge >= 0.3 is 0 Å². The van der Waals surface area contributed by atoms with E-state index >= 15 is 0 Å². The first-order valence-corrected chi connectivity index (χ1v) is 7.43. The van der Waals surface area contributed by atoms with Crippen LogP contribution in [0.1, 0.15) is 50.3 Å². The molecular formula is C16H26N2O. The van der Waals surface area contributed by atoms with Gasteiger partial charge in [0.2, 0.25) is 0 Å². The van der Waals surface area contributed by atoms with Gasteiger partial charge in [0.05, 0.1) is 5.60 Å². The van der Waals surface area contributed by atoms with Crippen LogP contribution in [-0.2, 0) is 6.54 Å². The van der Waals surface area contributed by atoms with E-state index in [1.807, 2.05) is 13.8 Å². The van der Waals surface area contributed by atoms with Crippen LogP contribution in [0.25, 0.3) is 0 Å². The molecule has 19 heavy (non-hydrogen) atoms. The number of hydrogen-bond acceptors (Lipinski definition) is 3. The largest absolute Gasteiger partial charge is 0.389 e. The Morgan fingerprint density at radius 1 is 1.32 bits per heavy atom. The maximum atomic E-state index is 10.4. The number of aliphatic hydroxyl groups is 1. The zero-order valence-corrected chi connectivity index (χ0v) is 12.1. The van der Waals surface area contributed by atoms with Gasteiger partial charge in [-0.05, 0) is 36.9 Å². The number of benzene rings is 1. The average Bonchev–Trinajstić information content (AvgIpc) is 2.67. The molecule has 0 spiro atoms. The highest BCUT2D eigenvalue weighted by Crippen LogP contribution is 2.24. The van der Waals surface area contributed by atoms with Crippen LogP contribution in [0.5, 0.6) is 0 Å². The fraction of sp³-hybridized carbons (Fsp3) is 0.625. The van der Waals surface area contributed by atoms with E-state index in [0.717, 1.165) is 32.4 Å². The van der Waals surface area contributed by atoms with Gasteiger partial charge in [0.25, 0.3) is 0 Å². The Hall–Kier alpha value is -0.900. The minimum atomic E-state index is -0.575. The highest BCUT2D eigenvalue weighted by atomic mass is 16.3. The third kappa shape index (κ3) is 3.56. The predicted molar refractivity (Wildman–Crippen MR) is 79.0 cm³/mol. The molecule has 3 heteroatoms. The maximum absolute atomic E-state index is 10.4. The molecule has 3 N–H and O–H groups in total. The Balaban J connectivity index is 2.08. The van der Waals surface area contributed by atoms with Gasteiger partial charge in [0, 0.05) is 19.1 Å². The number of fused-ring (bicyclic) bond motifs is 1. The molecule has 2 rings (SSSR count). The van der Waals surface area contributed by atoms with Crippen molar-refractivity contribution in [3.63, 3.8) is 0 Å². The molecule has 1 aliphatic rings. The van der Waals surface area contributed by atoms with E-state index in [2.05, 4.69) is 34.9 Å². The number of hydrogen-bond donors (Lipinski definition) is 3. The summed E-state index contributed by atoms with van der Waals surface area (Å²) < 4.78 is 0. The predicted octanol–water partition coefficient (Wildman–Crippen LogP) is 2.36. The molecule has 1 heterocycles. The van der Waals surface area contributed by atoms with E-state index < -0.39 is 5.60 Å². The molecule has 1 aromatic rings. The molecule has 0 aromatic heterocycles. The fourth-order valence-electron chi connectivity index (χ4n) is 2.69. The summed E-state index contributed by atoms with van der Waals surface area (Å²) in [7, 11) is 0. The van der Waals surface area contributed by atoms with Gasteiger partial charge in [-0.2, -0.15) is 0 Å². The highest BCUT2D eigenvalue weighted by Gasteiger charge is 2.25. The SMILES string of the molecule is CCC(O)(CC)CNC1CCNCc2ccccc21. The maximum Gasteiger partial charge on any atom is 0.0766 e. The Bertz CT molecular complexity index is 401. The van der Waals surface area contributed by atoms with Crippen LogP contribution in [0, 0.1) is 0 Å². The standard InChI is InChI=1S/C16H26N2O/c1-3-16(19,4-2)12-18-15-9-10-17-11-13-7-5-6-8-14(13)15/h5-8,15,17-19H,3-4,9-12H2,1-2H3. The Morgan fingerprint density at radius 3 is 2.79 bits per heavy atom. The van der Waals surface area contributed by atoms with Crippen molar-refractivity contribution >= 4 is 0 Å². The van der Waals surface area contributed by atoms with Crippen LogP contribution >= 0.6 is 0 Å². The van der Waals surface area contributed by atoms with Crippen molar-refractivity contribution in [1.82, 2.24) is 10.6 Å². The topological polar surface area (TPSA) is 44.3 Å². The van der Waals surface area contributed by atoms with Gasteiger partial charge in [-0.1, -0.05) is 38.1 Å². The average molecular weight is 262 g/mol. The van der Waals surface area contributed by atoms with Crippen molar-refractivity contribution in [3.8, 4) is 0 Å². The smallest absolute Gasteiger partial charge is 0.0766 e. The van der Waals surface area contributed by atoms with Gasteiger partial charge in [-0.3, -0.25) is 0 Å². The summed E-state index contributed by atoms with van der Waals surface area (Å²) in [5, 5.41) is 17.4. The summed E-state index contributed by atoms with van der Waals surface area (Å²) in [4.78, 5) is 0. The quantitative estimate of drug-likeness (QED) is 0.763. The molecule has 0 saturated heterocycles. The van der Waals surface area contributed by atoms with E-state index in [9.17, 15) is 5.11 Å². The Morgan fingerprint density at radius 2 is 2.05 bits per heavy atom. The van der Waals surface area contributed by atoms with Crippen molar-refractivity contribution in [2.75, 3.05) is 13.1 Å². The van der Waals surface area contributed by atoms with E-state index in [1.54, 1.807) is 0 Å². The van der Waals surface area contributed by atoms with Gasteiger partial charge in [-0.25, -0.2) is 0 Å². The third-order valence-corrected chi connectivity index (χ3v) is 4.35. The monoisotopic (exact) mass is 262 g/mol. The summed E-state index contributed by atoms with van der Waals surface area (Å²) in [6.07, 6.45) is 2.66. The molecule has 0 aliphatic carbocycles. The molecule has 3 nitrogen and oxygen atoms in total. The van der Waals surface area contributed by atoms with Crippen molar-refractivity contribution < 1.29 is 5.11 Å². The second kappa shape index (κ2) is 6.51.